The van der Waals surface area contributed by atoms with Gasteiger partial charge in [0.05, 0.1) is 5.69 Å². The second-order valence-electron chi connectivity index (χ2n) is 1.93. The van der Waals surface area contributed by atoms with Gasteiger partial charge in [0.25, 0.3) is 6.01 Å². The average molecular weight is 126 g/mol. The molecule has 1 aromatic rings. The second-order valence-corrected chi connectivity index (χ2v) is 1.93. The number of aromatic nitrogens is 1. The fraction of sp³-hybridized carbons (Fsp3) is 0.500. The minimum absolute atomic E-state index is 0.262. The van der Waals surface area contributed by atoms with Gasteiger partial charge in [-0.05, 0) is 6.42 Å². The molecule has 0 atom stereocenters. The van der Waals surface area contributed by atoms with Crippen LogP contribution in [0.25, 0.3) is 0 Å². The Morgan fingerprint density at radius 3 is 3.00 bits per heavy atom. The lowest BCUT2D eigenvalue weighted by molar-refractivity contribution is 0.578. The van der Waals surface area contributed by atoms with Gasteiger partial charge in [0.15, 0.2) is 0 Å². The van der Waals surface area contributed by atoms with Crippen LogP contribution in [0.15, 0.2) is 10.7 Å². The number of oxazole rings is 1. The van der Waals surface area contributed by atoms with Crippen LogP contribution >= 0.6 is 0 Å². The molecule has 0 aliphatic carbocycles. The van der Waals surface area contributed by atoms with Crippen molar-refractivity contribution in [3.8, 4) is 0 Å². The number of rotatable bonds is 2. The molecule has 0 saturated carbocycles. The minimum Gasteiger partial charge on any atom is -0.432 e. The number of nitrogens with two attached hydrogens (primary N) is 1. The number of nitrogen functional groups attached to an aromatic ring is 1. The first kappa shape index (κ1) is 6.13. The molecule has 0 aliphatic rings. The third-order valence-electron chi connectivity index (χ3n) is 1.08. The van der Waals surface area contributed by atoms with E-state index in [-0.39, 0.29) is 6.01 Å². The van der Waals surface area contributed by atoms with E-state index < -0.39 is 0 Å². The summed E-state index contributed by atoms with van der Waals surface area (Å²) in [5.74, 6) is 0. The van der Waals surface area contributed by atoms with Crippen LogP contribution in [0, 0.1) is 0 Å². The summed E-state index contributed by atoms with van der Waals surface area (Å²) < 4.78 is 4.78. The van der Waals surface area contributed by atoms with E-state index in [4.69, 9.17) is 10.2 Å². The number of aryl methyl sites for hydroxylation is 1. The number of hydrogen-bond acceptors (Lipinski definition) is 3. The van der Waals surface area contributed by atoms with Crippen molar-refractivity contribution < 1.29 is 4.42 Å². The molecular formula is C6H10N2O. The van der Waals surface area contributed by atoms with Gasteiger partial charge in [-0.25, -0.2) is 0 Å². The Kier molecular flexibility index (Phi) is 1.72. The smallest absolute Gasteiger partial charge is 0.292 e. The highest BCUT2D eigenvalue weighted by Gasteiger charge is 1.96. The van der Waals surface area contributed by atoms with Crippen LogP contribution in [-0.4, -0.2) is 4.98 Å². The topological polar surface area (TPSA) is 52.0 Å². The van der Waals surface area contributed by atoms with Gasteiger partial charge in [-0.2, -0.15) is 4.98 Å². The molecule has 1 heterocycles. The van der Waals surface area contributed by atoms with Crippen LogP contribution in [0.1, 0.15) is 19.0 Å². The van der Waals surface area contributed by atoms with E-state index in [1.165, 1.54) is 0 Å². The monoisotopic (exact) mass is 126 g/mol. The van der Waals surface area contributed by atoms with Gasteiger partial charge < -0.3 is 10.2 Å². The first-order chi connectivity index (χ1) is 4.33. The van der Waals surface area contributed by atoms with Crippen LogP contribution in [0.5, 0.6) is 0 Å². The highest BCUT2D eigenvalue weighted by molar-refractivity contribution is 5.12. The number of nitrogens with zero attached hydrogens (tertiary/aromatic N) is 1. The Labute approximate surface area is 53.9 Å². The van der Waals surface area contributed by atoms with Crippen molar-refractivity contribution in [3.05, 3.63) is 12.0 Å². The number of anilines is 1. The van der Waals surface area contributed by atoms with Crippen LogP contribution in [-0.2, 0) is 6.42 Å². The second kappa shape index (κ2) is 2.53. The van der Waals surface area contributed by atoms with Crippen molar-refractivity contribution in [3.63, 3.8) is 0 Å². The predicted octanol–water partition coefficient (Wildman–Crippen LogP) is 1.21. The van der Waals surface area contributed by atoms with Gasteiger partial charge >= 0.3 is 0 Å². The highest BCUT2D eigenvalue weighted by atomic mass is 16.4. The molecule has 1 rings (SSSR count). The zero-order chi connectivity index (χ0) is 6.69. The fourth-order valence-corrected chi connectivity index (χ4v) is 0.694. The molecule has 0 aromatic carbocycles. The largest absolute Gasteiger partial charge is 0.432 e. The first-order valence-electron chi connectivity index (χ1n) is 3.03. The molecule has 0 aliphatic heterocycles. The summed E-state index contributed by atoms with van der Waals surface area (Å²) >= 11 is 0. The molecule has 0 saturated heterocycles. The molecular weight excluding hydrogens is 116 g/mol. The Hall–Kier alpha value is -0.990. The molecule has 50 valence electrons. The summed E-state index contributed by atoms with van der Waals surface area (Å²) in [6.45, 7) is 2.09. The molecule has 2 N–H and O–H groups in total. The lowest BCUT2D eigenvalue weighted by atomic mass is 10.3. The maximum Gasteiger partial charge on any atom is 0.292 e. The van der Waals surface area contributed by atoms with Gasteiger partial charge in [0.2, 0.25) is 0 Å². The maximum absolute atomic E-state index is 5.23. The van der Waals surface area contributed by atoms with Crippen LogP contribution in [0.3, 0.4) is 0 Å². The van der Waals surface area contributed by atoms with E-state index >= 15 is 0 Å². The predicted molar refractivity (Wildman–Crippen MR) is 34.9 cm³/mol. The van der Waals surface area contributed by atoms with E-state index in [2.05, 4.69) is 11.9 Å². The van der Waals surface area contributed by atoms with Gasteiger partial charge in [-0.1, -0.05) is 13.3 Å². The van der Waals surface area contributed by atoms with Gasteiger partial charge in [-0.15, -0.1) is 0 Å². The summed E-state index contributed by atoms with van der Waals surface area (Å²) in [6.07, 6.45) is 3.62. The summed E-state index contributed by atoms with van der Waals surface area (Å²) in [7, 11) is 0. The van der Waals surface area contributed by atoms with Crippen molar-refractivity contribution in [1.82, 2.24) is 4.98 Å². The van der Waals surface area contributed by atoms with Crippen LogP contribution in [0.4, 0.5) is 6.01 Å². The lowest BCUT2D eigenvalue weighted by Gasteiger charge is -1.83. The van der Waals surface area contributed by atoms with Crippen molar-refractivity contribution in [2.75, 3.05) is 5.73 Å². The zero-order valence-corrected chi connectivity index (χ0v) is 5.42. The van der Waals surface area contributed by atoms with Crippen LogP contribution < -0.4 is 5.73 Å². The molecule has 3 nitrogen and oxygen atoms in total. The van der Waals surface area contributed by atoms with Crippen molar-refractivity contribution in [2.24, 2.45) is 0 Å². The molecule has 9 heavy (non-hydrogen) atoms. The molecule has 0 amide bonds. The third-order valence-corrected chi connectivity index (χ3v) is 1.08. The SMILES string of the molecule is CCCc1coc(N)n1. The van der Waals surface area contributed by atoms with Crippen molar-refractivity contribution >= 4 is 6.01 Å². The number of hydrogen-bond donors (Lipinski definition) is 1. The molecule has 1 aromatic heterocycles. The van der Waals surface area contributed by atoms with E-state index in [1.54, 1.807) is 6.26 Å². The molecule has 0 radical (unpaired) electrons. The molecule has 0 bridgehead atoms. The van der Waals surface area contributed by atoms with E-state index in [0.717, 1.165) is 18.5 Å². The summed E-state index contributed by atoms with van der Waals surface area (Å²) in [5.41, 5.74) is 6.17. The Morgan fingerprint density at radius 2 is 2.56 bits per heavy atom. The summed E-state index contributed by atoms with van der Waals surface area (Å²) in [4.78, 5) is 3.91. The molecule has 0 fully saturated rings. The van der Waals surface area contributed by atoms with E-state index in [0.29, 0.717) is 0 Å². The highest BCUT2D eigenvalue weighted by Crippen LogP contribution is 2.04. The van der Waals surface area contributed by atoms with Crippen molar-refractivity contribution in [2.45, 2.75) is 19.8 Å². The molecule has 3 heteroatoms. The van der Waals surface area contributed by atoms with E-state index in [1.807, 2.05) is 0 Å². The van der Waals surface area contributed by atoms with E-state index in [9.17, 15) is 0 Å². The first-order valence-corrected chi connectivity index (χ1v) is 3.03. The van der Waals surface area contributed by atoms with Gasteiger partial charge in [0.1, 0.15) is 6.26 Å². The Morgan fingerprint density at radius 1 is 1.78 bits per heavy atom. The normalized spacial score (nSPS) is 9.89. The summed E-state index contributed by atoms with van der Waals surface area (Å²) in [5, 5.41) is 0. The zero-order valence-electron chi connectivity index (χ0n) is 5.42. The minimum atomic E-state index is 0.262. The van der Waals surface area contributed by atoms with Crippen LogP contribution in [0.2, 0.25) is 0 Å². The standard InChI is InChI=1S/C6H10N2O/c1-2-3-5-4-9-6(7)8-5/h4H,2-3H2,1H3,(H2,7,8). The quantitative estimate of drug-likeness (QED) is 0.648. The fourth-order valence-electron chi connectivity index (χ4n) is 0.694. The maximum atomic E-state index is 5.23. The van der Waals surface area contributed by atoms with Gasteiger partial charge in [0, 0.05) is 0 Å². The molecule has 0 unspecified atom stereocenters. The Balaban J connectivity index is 2.61. The lowest BCUT2D eigenvalue weighted by Crippen LogP contribution is -1.85. The average Bonchev–Trinajstić information content (AvgIpc) is 2.17. The molecule has 0 spiro atoms. The third kappa shape index (κ3) is 1.45. The Bertz CT molecular complexity index is 183. The summed E-state index contributed by atoms with van der Waals surface area (Å²) in [6, 6.07) is 0.262. The van der Waals surface area contributed by atoms with Gasteiger partial charge in [-0.3, -0.25) is 0 Å². The van der Waals surface area contributed by atoms with Crippen molar-refractivity contribution in [1.29, 1.82) is 0 Å².